The van der Waals surface area contributed by atoms with Crippen molar-refractivity contribution in [3.05, 3.63) is 62.7 Å². The lowest BCUT2D eigenvalue weighted by Crippen LogP contribution is -2.39. The maximum absolute atomic E-state index is 13.0. The molecule has 0 unspecified atom stereocenters. The van der Waals surface area contributed by atoms with Crippen LogP contribution in [0.25, 0.3) is 0 Å². The fraction of sp³-hybridized carbons (Fsp3) is 0.304. The fourth-order valence-corrected chi connectivity index (χ4v) is 5.80. The Morgan fingerprint density at radius 3 is 2.60 bits per heavy atom. The molecule has 1 aromatic rings. The zero-order chi connectivity index (χ0) is 21.3. The van der Waals surface area contributed by atoms with Crippen LogP contribution in [0.3, 0.4) is 0 Å². The highest BCUT2D eigenvalue weighted by atomic mass is 79.9. The first-order valence-corrected chi connectivity index (χ1v) is 10.6. The normalized spacial score (nSPS) is 30.3. The van der Waals surface area contributed by atoms with Gasteiger partial charge in [0.05, 0.1) is 16.3 Å². The summed E-state index contributed by atoms with van der Waals surface area (Å²) in [5.74, 6) is -2.73. The number of hydrogen-bond acceptors (Lipinski definition) is 5. The van der Waals surface area contributed by atoms with Crippen LogP contribution >= 0.6 is 15.9 Å². The number of benzene rings is 1. The van der Waals surface area contributed by atoms with Crippen LogP contribution < -0.4 is 5.32 Å². The molecule has 2 N–H and O–H groups in total. The summed E-state index contributed by atoms with van der Waals surface area (Å²) in [5.41, 5.74) is 3.17. The number of hydrogen-bond donors (Lipinski definition) is 2. The van der Waals surface area contributed by atoms with Gasteiger partial charge in [0, 0.05) is 23.1 Å². The first-order valence-electron chi connectivity index (χ1n) is 9.81. The van der Waals surface area contributed by atoms with Crippen LogP contribution in [0.1, 0.15) is 29.9 Å². The number of amides is 2. The van der Waals surface area contributed by atoms with Crippen LogP contribution in [0, 0.1) is 24.7 Å². The number of carbonyl (C=O) groups excluding carboxylic acids is 4. The second-order valence-corrected chi connectivity index (χ2v) is 9.15. The molecular formula is C23H18BrNO5. The Balaban J connectivity index is 1.73. The van der Waals surface area contributed by atoms with Crippen LogP contribution in [-0.2, 0) is 19.2 Å². The molecule has 1 aliphatic heterocycles. The molecule has 5 rings (SSSR count). The van der Waals surface area contributed by atoms with E-state index in [2.05, 4.69) is 21.2 Å². The van der Waals surface area contributed by atoms with Gasteiger partial charge in [0.2, 0.25) is 11.8 Å². The number of carbonyl (C=O) groups is 4. The predicted octanol–water partition coefficient (Wildman–Crippen LogP) is 2.75. The van der Waals surface area contributed by atoms with E-state index in [1.165, 1.54) is 6.08 Å². The van der Waals surface area contributed by atoms with Gasteiger partial charge in [-0.25, -0.2) is 0 Å². The lowest BCUT2D eigenvalue weighted by atomic mass is 9.59. The molecule has 2 amide bonds. The number of allylic oxidation sites excluding steroid dienone is 6. The number of Topliss-reactive ketones (excluding diaryl/α,β-unsaturated/α-hetero) is 1. The minimum atomic E-state index is -0.542. The van der Waals surface area contributed by atoms with Crippen molar-refractivity contribution in [2.75, 3.05) is 0 Å². The van der Waals surface area contributed by atoms with Gasteiger partial charge >= 0.3 is 0 Å². The largest absolute Gasteiger partial charge is 0.508 e. The number of imide groups is 1. The summed E-state index contributed by atoms with van der Waals surface area (Å²) < 4.78 is 0.207. The van der Waals surface area contributed by atoms with Crippen molar-refractivity contribution >= 4 is 39.3 Å². The molecule has 4 aliphatic rings. The van der Waals surface area contributed by atoms with Crippen LogP contribution in [0.4, 0.5) is 0 Å². The molecule has 0 bridgehead atoms. The highest BCUT2D eigenvalue weighted by Gasteiger charge is 2.53. The third-order valence-corrected chi connectivity index (χ3v) is 7.32. The molecule has 1 heterocycles. The molecule has 152 valence electrons. The van der Waals surface area contributed by atoms with Gasteiger partial charge in [-0.1, -0.05) is 23.8 Å². The monoisotopic (exact) mass is 467 g/mol. The zero-order valence-corrected chi connectivity index (χ0v) is 17.7. The molecular weight excluding hydrogens is 450 g/mol. The molecule has 30 heavy (non-hydrogen) atoms. The number of halogens is 1. The van der Waals surface area contributed by atoms with E-state index in [1.807, 2.05) is 12.1 Å². The van der Waals surface area contributed by atoms with E-state index in [0.29, 0.717) is 23.1 Å². The van der Waals surface area contributed by atoms with Crippen molar-refractivity contribution in [3.63, 3.8) is 0 Å². The van der Waals surface area contributed by atoms with Gasteiger partial charge < -0.3 is 5.11 Å². The molecule has 1 saturated heterocycles. The molecule has 7 heteroatoms. The molecule has 0 aromatic heterocycles. The van der Waals surface area contributed by atoms with Crippen molar-refractivity contribution in [2.45, 2.75) is 25.7 Å². The molecule has 0 spiro atoms. The summed E-state index contributed by atoms with van der Waals surface area (Å²) in [7, 11) is 0. The number of phenolic OH excluding ortho intramolecular Hbond substituents is 1. The smallest absolute Gasteiger partial charge is 0.231 e. The van der Waals surface area contributed by atoms with Gasteiger partial charge in [-0.15, -0.1) is 0 Å². The third-order valence-electron chi connectivity index (χ3n) is 6.73. The maximum Gasteiger partial charge on any atom is 0.231 e. The van der Waals surface area contributed by atoms with Gasteiger partial charge in [0.15, 0.2) is 11.6 Å². The minimum Gasteiger partial charge on any atom is -0.508 e. The summed E-state index contributed by atoms with van der Waals surface area (Å²) in [6.45, 7) is 1.77. The Hall–Kier alpha value is -2.80. The van der Waals surface area contributed by atoms with E-state index in [4.69, 9.17) is 0 Å². The minimum absolute atomic E-state index is 0.146. The van der Waals surface area contributed by atoms with Gasteiger partial charge in [-0.3, -0.25) is 24.5 Å². The van der Waals surface area contributed by atoms with Gasteiger partial charge in [0.25, 0.3) is 0 Å². The van der Waals surface area contributed by atoms with E-state index >= 15 is 0 Å². The first kappa shape index (κ1) is 19.2. The third kappa shape index (κ3) is 2.61. The van der Waals surface area contributed by atoms with Crippen molar-refractivity contribution < 1.29 is 24.3 Å². The highest BCUT2D eigenvalue weighted by Crippen LogP contribution is 2.54. The van der Waals surface area contributed by atoms with E-state index in [-0.39, 0.29) is 46.0 Å². The molecule has 0 saturated carbocycles. The Labute approximate surface area is 180 Å². The van der Waals surface area contributed by atoms with Gasteiger partial charge in [0.1, 0.15) is 5.75 Å². The molecule has 3 aliphatic carbocycles. The summed E-state index contributed by atoms with van der Waals surface area (Å²) in [6.07, 6.45) is 3.95. The van der Waals surface area contributed by atoms with Crippen molar-refractivity contribution in [2.24, 2.45) is 17.8 Å². The molecule has 1 aromatic carbocycles. The maximum atomic E-state index is 13.0. The Morgan fingerprint density at radius 1 is 1.10 bits per heavy atom. The SMILES string of the molecule is Cc1cc([C@H]2C3=CC[C@@H]4C(=O)NC(=O)[C@@H]4[C@@H]3CC3=C2C(=O)C=C(Br)C3=O)ccc1O. The second kappa shape index (κ2) is 6.60. The standard InChI is InChI=1S/C23H18BrNO5/c1-9-6-10(2-5-16(9)26)18-11-3-4-12-19(23(30)25-22(12)29)13(11)7-14-20(18)17(27)8-15(24)21(14)28/h2-3,5-6,8,12-13,18-19,26H,4,7H2,1H3,(H,25,29,30)/t12-,13+,18-,19-/m0/s1. The van der Waals surface area contributed by atoms with Crippen LogP contribution in [0.5, 0.6) is 5.75 Å². The first-order chi connectivity index (χ1) is 14.3. The molecule has 0 radical (unpaired) electrons. The number of phenols is 1. The van der Waals surface area contributed by atoms with E-state index in [9.17, 15) is 24.3 Å². The van der Waals surface area contributed by atoms with Gasteiger partial charge in [-0.05, 0) is 58.8 Å². The second-order valence-electron chi connectivity index (χ2n) is 8.29. The number of aryl methyl sites for hydroxylation is 1. The van der Waals surface area contributed by atoms with Crippen LogP contribution in [-0.4, -0.2) is 28.5 Å². The average Bonchev–Trinajstić information content (AvgIpc) is 3.00. The van der Waals surface area contributed by atoms with Gasteiger partial charge in [-0.2, -0.15) is 0 Å². The number of nitrogens with one attached hydrogen (secondary N) is 1. The number of aromatic hydroxyl groups is 1. The topological polar surface area (TPSA) is 101 Å². The zero-order valence-electron chi connectivity index (χ0n) is 16.1. The quantitative estimate of drug-likeness (QED) is 0.375. The summed E-state index contributed by atoms with van der Waals surface area (Å²) in [4.78, 5) is 50.8. The molecule has 1 fully saturated rings. The van der Waals surface area contributed by atoms with E-state index in [1.54, 1.807) is 19.1 Å². The summed E-state index contributed by atoms with van der Waals surface area (Å²) in [6, 6.07) is 5.14. The average molecular weight is 468 g/mol. The lowest BCUT2D eigenvalue weighted by Gasteiger charge is -2.42. The summed E-state index contributed by atoms with van der Waals surface area (Å²) in [5, 5.41) is 12.4. The fourth-order valence-electron chi connectivity index (χ4n) is 5.36. The predicted molar refractivity (Wildman–Crippen MR) is 111 cm³/mol. The molecule has 6 nitrogen and oxygen atoms in total. The van der Waals surface area contributed by atoms with E-state index < -0.39 is 17.8 Å². The highest BCUT2D eigenvalue weighted by molar-refractivity contribution is 9.12. The van der Waals surface area contributed by atoms with Crippen molar-refractivity contribution in [1.29, 1.82) is 0 Å². The Morgan fingerprint density at radius 2 is 1.87 bits per heavy atom. The number of fused-ring (bicyclic) bond motifs is 3. The Kier molecular flexibility index (Phi) is 4.22. The number of rotatable bonds is 1. The van der Waals surface area contributed by atoms with Crippen LogP contribution in [0.15, 0.2) is 51.6 Å². The van der Waals surface area contributed by atoms with Crippen molar-refractivity contribution in [1.82, 2.24) is 5.32 Å². The van der Waals surface area contributed by atoms with Crippen molar-refractivity contribution in [3.8, 4) is 5.75 Å². The molecule has 4 atom stereocenters. The van der Waals surface area contributed by atoms with Crippen LogP contribution in [0.2, 0.25) is 0 Å². The van der Waals surface area contributed by atoms with E-state index in [0.717, 1.165) is 11.1 Å². The summed E-state index contributed by atoms with van der Waals surface area (Å²) >= 11 is 3.19. The Bertz CT molecular complexity index is 1160. The lowest BCUT2D eigenvalue weighted by molar-refractivity contribution is -0.126. The number of ketones is 2.